The topological polar surface area (TPSA) is 116 Å². The standard InChI is InChI=1S/C19H17F3N4O5S/c1-25-9-8-23-18(25)17(12-4-3-5-13(10-12)31-2)24-15-7-6-14(11-16(15)26(27)28)32(29,30)19(20,21)22/h3-11,17,24H,1-2H3/t17-/m1/s1. The number of hydrogen-bond donors (Lipinski definition) is 1. The fourth-order valence-electron chi connectivity index (χ4n) is 3.01. The maximum absolute atomic E-state index is 12.9. The minimum Gasteiger partial charge on any atom is -0.497 e. The van der Waals surface area contributed by atoms with Gasteiger partial charge in [0.15, 0.2) is 0 Å². The zero-order valence-corrected chi connectivity index (χ0v) is 17.5. The molecule has 32 heavy (non-hydrogen) atoms. The highest BCUT2D eigenvalue weighted by molar-refractivity contribution is 7.92. The van der Waals surface area contributed by atoms with Crippen LogP contribution >= 0.6 is 0 Å². The fourth-order valence-corrected chi connectivity index (χ4v) is 3.80. The second-order valence-corrected chi connectivity index (χ2v) is 8.58. The maximum atomic E-state index is 12.9. The number of rotatable bonds is 7. The van der Waals surface area contributed by atoms with Crippen LogP contribution in [0.4, 0.5) is 24.5 Å². The van der Waals surface area contributed by atoms with Crippen LogP contribution in [0.3, 0.4) is 0 Å². The highest BCUT2D eigenvalue weighted by Gasteiger charge is 2.47. The SMILES string of the molecule is COc1cccc([C@@H](Nc2ccc(S(=O)(=O)C(F)(F)F)cc2[N+](=O)[O-])c2nccn2C)c1. The molecular weight excluding hydrogens is 453 g/mol. The van der Waals surface area contributed by atoms with Crippen molar-refractivity contribution in [1.82, 2.24) is 9.55 Å². The Morgan fingerprint density at radius 1 is 1.22 bits per heavy atom. The van der Waals surface area contributed by atoms with Gasteiger partial charge in [-0.3, -0.25) is 10.1 Å². The molecule has 0 fully saturated rings. The molecule has 0 aliphatic rings. The van der Waals surface area contributed by atoms with Gasteiger partial charge in [0, 0.05) is 25.5 Å². The monoisotopic (exact) mass is 470 g/mol. The molecule has 0 bridgehead atoms. The van der Waals surface area contributed by atoms with Crippen LogP contribution in [0.25, 0.3) is 0 Å². The molecule has 0 aliphatic carbocycles. The number of aryl methyl sites for hydroxylation is 1. The van der Waals surface area contributed by atoms with Gasteiger partial charge in [-0.1, -0.05) is 12.1 Å². The van der Waals surface area contributed by atoms with Crippen molar-refractivity contribution in [3.05, 3.63) is 76.4 Å². The summed E-state index contributed by atoms with van der Waals surface area (Å²) in [5.74, 6) is 0.948. The molecule has 13 heteroatoms. The number of sulfone groups is 1. The first-order valence-electron chi connectivity index (χ1n) is 8.93. The average molecular weight is 470 g/mol. The van der Waals surface area contributed by atoms with Gasteiger partial charge in [0.2, 0.25) is 0 Å². The van der Waals surface area contributed by atoms with E-state index < -0.39 is 36.9 Å². The number of benzene rings is 2. The Kier molecular flexibility index (Phi) is 6.12. The smallest absolute Gasteiger partial charge is 0.497 e. The average Bonchev–Trinajstić information content (AvgIpc) is 3.16. The summed E-state index contributed by atoms with van der Waals surface area (Å²) >= 11 is 0. The van der Waals surface area contributed by atoms with Gasteiger partial charge in [-0.05, 0) is 29.8 Å². The number of halogens is 3. The normalized spacial score (nSPS) is 12.9. The number of nitro groups is 1. The second kappa shape index (κ2) is 8.49. The number of hydrogen-bond acceptors (Lipinski definition) is 7. The number of ether oxygens (including phenoxy) is 1. The van der Waals surface area contributed by atoms with Crippen molar-refractivity contribution in [3.8, 4) is 5.75 Å². The number of nitrogens with zero attached hydrogens (tertiary/aromatic N) is 3. The van der Waals surface area contributed by atoms with E-state index >= 15 is 0 Å². The molecule has 0 radical (unpaired) electrons. The molecular formula is C19H17F3N4O5S. The van der Waals surface area contributed by atoms with E-state index in [9.17, 15) is 31.7 Å². The number of nitrogens with one attached hydrogen (secondary N) is 1. The van der Waals surface area contributed by atoms with E-state index in [1.807, 2.05) is 0 Å². The predicted octanol–water partition coefficient (Wildman–Crippen LogP) is 3.83. The van der Waals surface area contributed by atoms with E-state index in [0.29, 0.717) is 29.3 Å². The summed E-state index contributed by atoms with van der Waals surface area (Å²) in [7, 11) is -2.59. The van der Waals surface area contributed by atoms with Crippen LogP contribution in [-0.4, -0.2) is 35.5 Å². The Hall–Kier alpha value is -3.61. The Labute approximate surface area is 180 Å². The number of anilines is 1. The van der Waals surface area contributed by atoms with Crippen LogP contribution < -0.4 is 10.1 Å². The van der Waals surface area contributed by atoms with E-state index in [-0.39, 0.29) is 5.69 Å². The van der Waals surface area contributed by atoms with Crippen molar-refractivity contribution in [2.45, 2.75) is 16.4 Å². The van der Waals surface area contributed by atoms with E-state index in [2.05, 4.69) is 10.3 Å². The molecule has 1 N–H and O–H groups in total. The van der Waals surface area contributed by atoms with Gasteiger partial charge in [-0.15, -0.1) is 0 Å². The maximum Gasteiger partial charge on any atom is 0.501 e. The Morgan fingerprint density at radius 3 is 2.50 bits per heavy atom. The third-order valence-electron chi connectivity index (χ3n) is 4.62. The third-order valence-corrected chi connectivity index (χ3v) is 6.11. The summed E-state index contributed by atoms with van der Waals surface area (Å²) in [6.45, 7) is 0. The molecule has 0 saturated heterocycles. The Bertz CT molecular complexity index is 1260. The summed E-state index contributed by atoms with van der Waals surface area (Å²) in [6, 6.07) is 7.97. The lowest BCUT2D eigenvalue weighted by atomic mass is 10.0. The zero-order chi connectivity index (χ0) is 23.7. The molecule has 3 aromatic rings. The number of nitro benzene ring substituents is 1. The van der Waals surface area contributed by atoms with E-state index in [1.165, 1.54) is 13.3 Å². The molecule has 0 spiro atoms. The highest BCUT2D eigenvalue weighted by Crippen LogP contribution is 2.37. The highest BCUT2D eigenvalue weighted by atomic mass is 32.2. The minimum absolute atomic E-state index is 0.188. The van der Waals surface area contributed by atoms with Gasteiger partial charge in [0.1, 0.15) is 23.3 Å². The van der Waals surface area contributed by atoms with Gasteiger partial charge in [0.25, 0.3) is 15.5 Å². The van der Waals surface area contributed by atoms with Crippen molar-refractivity contribution in [3.63, 3.8) is 0 Å². The molecule has 1 atom stereocenters. The molecule has 1 aromatic heterocycles. The van der Waals surface area contributed by atoms with Gasteiger partial charge >= 0.3 is 5.51 Å². The number of methoxy groups -OCH3 is 1. The minimum atomic E-state index is -5.75. The first kappa shape index (κ1) is 23.1. The number of imidazole rings is 1. The summed E-state index contributed by atoms with van der Waals surface area (Å²) < 4.78 is 68.9. The van der Waals surface area contributed by atoms with Crippen LogP contribution in [0.1, 0.15) is 17.4 Å². The molecule has 1 heterocycles. The van der Waals surface area contributed by atoms with Crippen LogP contribution in [0.5, 0.6) is 5.75 Å². The van der Waals surface area contributed by atoms with E-state index in [1.54, 1.807) is 42.1 Å². The summed E-state index contributed by atoms with van der Waals surface area (Å²) in [5.41, 5.74) is -6.02. The van der Waals surface area contributed by atoms with Gasteiger partial charge in [-0.25, -0.2) is 13.4 Å². The molecule has 0 amide bonds. The van der Waals surface area contributed by atoms with Crippen LogP contribution in [-0.2, 0) is 16.9 Å². The molecule has 170 valence electrons. The summed E-state index contributed by atoms with van der Waals surface area (Å²) in [4.78, 5) is 13.6. The van der Waals surface area contributed by atoms with Crippen molar-refractivity contribution < 1.29 is 31.2 Å². The predicted molar refractivity (Wildman–Crippen MR) is 108 cm³/mol. The number of alkyl halides is 3. The Morgan fingerprint density at radius 2 is 1.94 bits per heavy atom. The van der Waals surface area contributed by atoms with Crippen molar-refractivity contribution in [2.75, 3.05) is 12.4 Å². The van der Waals surface area contributed by atoms with Crippen LogP contribution in [0, 0.1) is 10.1 Å². The van der Waals surface area contributed by atoms with Gasteiger partial charge in [0.05, 0.1) is 16.9 Å². The largest absolute Gasteiger partial charge is 0.501 e. The van der Waals surface area contributed by atoms with Crippen molar-refractivity contribution >= 4 is 21.2 Å². The third kappa shape index (κ3) is 4.37. The molecule has 0 unspecified atom stereocenters. The number of aromatic nitrogens is 2. The van der Waals surface area contributed by atoms with E-state index in [0.717, 1.165) is 6.07 Å². The quantitative estimate of drug-likeness (QED) is 0.412. The van der Waals surface area contributed by atoms with Gasteiger partial charge < -0.3 is 14.6 Å². The summed E-state index contributed by atoms with van der Waals surface area (Å²) in [5, 5.41) is 14.5. The van der Waals surface area contributed by atoms with Crippen LogP contribution in [0.15, 0.2) is 59.8 Å². The van der Waals surface area contributed by atoms with Crippen molar-refractivity contribution in [1.29, 1.82) is 0 Å². The lowest BCUT2D eigenvalue weighted by molar-refractivity contribution is -0.384. The van der Waals surface area contributed by atoms with E-state index in [4.69, 9.17) is 4.74 Å². The summed E-state index contributed by atoms with van der Waals surface area (Å²) in [6.07, 6.45) is 3.16. The molecule has 2 aromatic carbocycles. The fraction of sp³-hybridized carbons (Fsp3) is 0.211. The first-order valence-corrected chi connectivity index (χ1v) is 10.4. The molecule has 9 nitrogen and oxygen atoms in total. The second-order valence-electron chi connectivity index (χ2n) is 6.64. The molecule has 3 rings (SSSR count). The van der Waals surface area contributed by atoms with Crippen LogP contribution in [0.2, 0.25) is 0 Å². The van der Waals surface area contributed by atoms with Gasteiger partial charge in [-0.2, -0.15) is 13.2 Å². The Balaban J connectivity index is 2.12. The lowest BCUT2D eigenvalue weighted by Gasteiger charge is -2.21. The van der Waals surface area contributed by atoms with Crippen molar-refractivity contribution in [2.24, 2.45) is 7.05 Å². The lowest BCUT2D eigenvalue weighted by Crippen LogP contribution is -2.23. The molecule has 0 aliphatic heterocycles. The first-order chi connectivity index (χ1) is 15.0. The zero-order valence-electron chi connectivity index (χ0n) is 16.7. The molecule has 0 saturated carbocycles.